The van der Waals surface area contributed by atoms with Gasteiger partial charge in [-0.15, -0.1) is 0 Å². The number of carboxylic acid groups (broad SMARTS) is 1. The van der Waals surface area contributed by atoms with E-state index in [9.17, 15) is 28.8 Å². The van der Waals surface area contributed by atoms with E-state index >= 15 is 0 Å². The Morgan fingerprint density at radius 2 is 0.554 bits per heavy atom. The van der Waals surface area contributed by atoms with Crippen molar-refractivity contribution < 1.29 is 95.5 Å². The Morgan fingerprint density at radius 1 is 0.366 bits per heavy atom. The first kappa shape index (κ1) is 80.0. The number of epoxide rings is 3. The molecular formula is C81H96O20. The second-order valence-corrected chi connectivity index (χ2v) is 25.8. The number of carbonyl (C=O) groups is 6. The van der Waals surface area contributed by atoms with Crippen molar-refractivity contribution >= 4 is 35.8 Å². The van der Waals surface area contributed by atoms with E-state index in [4.69, 9.17) is 61.9 Å². The summed E-state index contributed by atoms with van der Waals surface area (Å²) in [4.78, 5) is 64.5. The summed E-state index contributed by atoms with van der Waals surface area (Å²) >= 11 is 0. The number of hydrogen-bond acceptors (Lipinski definition) is 19. The van der Waals surface area contributed by atoms with Crippen molar-refractivity contribution in [3.05, 3.63) is 228 Å². The van der Waals surface area contributed by atoms with Crippen molar-refractivity contribution in [2.75, 3.05) is 79.3 Å². The summed E-state index contributed by atoms with van der Waals surface area (Å²) in [6, 6.07) is 49.1. The van der Waals surface area contributed by atoms with Crippen LogP contribution in [0.15, 0.2) is 194 Å². The number of aliphatic carboxylic acids is 1. The highest BCUT2D eigenvalue weighted by Gasteiger charge is 2.34. The van der Waals surface area contributed by atoms with Crippen LogP contribution in [0, 0.1) is 17.8 Å². The fourth-order valence-corrected chi connectivity index (χ4v) is 9.45. The zero-order valence-corrected chi connectivity index (χ0v) is 59.8. The monoisotopic (exact) mass is 1390 g/mol. The van der Waals surface area contributed by atoms with E-state index in [-0.39, 0.29) is 66.9 Å². The van der Waals surface area contributed by atoms with E-state index in [1.165, 1.54) is 37.5 Å². The highest BCUT2D eigenvalue weighted by molar-refractivity contribution is 5.88. The van der Waals surface area contributed by atoms with Crippen LogP contribution in [0.25, 0.3) is 0 Å². The average Bonchev–Trinajstić information content (AvgIpc) is 1.77. The van der Waals surface area contributed by atoms with Crippen LogP contribution >= 0.6 is 0 Å². The summed E-state index contributed by atoms with van der Waals surface area (Å²) < 4.78 is 71.2. The normalized spacial score (nSPS) is 16.4. The van der Waals surface area contributed by atoms with Gasteiger partial charge in [0.25, 0.3) is 0 Å². The average molecular weight is 1390 g/mol. The minimum absolute atomic E-state index is 0.00611. The van der Waals surface area contributed by atoms with Gasteiger partial charge < -0.3 is 66.7 Å². The number of carbonyl (C=O) groups excluding carboxylic acids is 5. The molecule has 0 radical (unpaired) electrons. The zero-order chi connectivity index (χ0) is 73.8. The molecule has 6 aromatic carbocycles. The number of hydrogen-bond donors (Lipinski definition) is 1. The smallest absolute Gasteiger partial charge is 0.333 e. The van der Waals surface area contributed by atoms with E-state index in [0.717, 1.165) is 53.8 Å². The fourth-order valence-electron chi connectivity index (χ4n) is 9.45. The Bertz CT molecular complexity index is 3350. The standard InChI is InChI=1S/C44H54O9.C29H30O6.C4H6O3.C4H6O2/c1-29(2)41(45)51-26-32(7)23-48-38-17-11-35(12-18-38)44(10,36-13-19-39(20-14-36)49-24-33(8)27-52-42(46)30(3)4)37-15-21-40(22-16-37)50-25-34(9)28-53-43(47)31(5)6;1-29(20-2-8-23(9-3-20)30-14-26-17-33-26,21-4-10-24(11-5-21)31-15-27-18-34-27)22-6-12-25(13-7-22)32-16-28-19-35-28;1-3(5)7-4(2)6;1-3(2)4(5)6/h11-22,32-34H,1,3,5,23-28H2,2,4,6-10H3;2-13,26-28H,14-19H2,1H3;1-2H3;1H2,2H3,(H,5,6). The summed E-state index contributed by atoms with van der Waals surface area (Å²) in [5.74, 6) is 1.35. The van der Waals surface area contributed by atoms with Crippen LogP contribution in [-0.2, 0) is 72.8 Å². The maximum absolute atomic E-state index is 11.8. The molecule has 3 heterocycles. The van der Waals surface area contributed by atoms with Crippen LogP contribution in [0.1, 0.15) is 110 Å². The zero-order valence-electron chi connectivity index (χ0n) is 59.8. The van der Waals surface area contributed by atoms with Crippen LogP contribution in [-0.4, -0.2) is 139 Å². The van der Waals surface area contributed by atoms with Crippen molar-refractivity contribution in [2.24, 2.45) is 17.8 Å². The van der Waals surface area contributed by atoms with Gasteiger partial charge in [0.15, 0.2) is 0 Å². The lowest BCUT2D eigenvalue weighted by molar-refractivity contribution is -0.156. The number of esters is 5. The Kier molecular flexibility index (Phi) is 31.0. The topological polar surface area (TPSA) is 253 Å². The Hall–Kier alpha value is -10.0. The van der Waals surface area contributed by atoms with Crippen molar-refractivity contribution in [1.29, 1.82) is 0 Å². The Labute approximate surface area is 593 Å². The molecule has 0 saturated carbocycles. The molecule has 1 N–H and O–H groups in total. The van der Waals surface area contributed by atoms with E-state index < -0.39 is 41.2 Å². The van der Waals surface area contributed by atoms with Crippen molar-refractivity contribution in [2.45, 2.75) is 105 Å². The second kappa shape index (κ2) is 39.1. The van der Waals surface area contributed by atoms with Gasteiger partial charge in [0.05, 0.1) is 59.5 Å². The first-order valence-electron chi connectivity index (χ1n) is 33.3. The molecule has 6 atom stereocenters. The molecule has 20 nitrogen and oxygen atoms in total. The van der Waals surface area contributed by atoms with Crippen molar-refractivity contribution in [3.63, 3.8) is 0 Å². The molecular weight excluding hydrogens is 1290 g/mol. The summed E-state index contributed by atoms with van der Waals surface area (Å²) in [6.45, 7) is 39.0. The van der Waals surface area contributed by atoms with Gasteiger partial charge in [-0.1, -0.05) is 120 Å². The van der Waals surface area contributed by atoms with E-state index in [1.807, 2.05) is 93.6 Å². The summed E-state index contributed by atoms with van der Waals surface area (Å²) in [5, 5.41) is 7.89. The van der Waals surface area contributed by atoms with Crippen LogP contribution < -0.4 is 28.4 Å². The van der Waals surface area contributed by atoms with Crippen molar-refractivity contribution in [1.82, 2.24) is 0 Å². The van der Waals surface area contributed by atoms with Gasteiger partial charge in [-0.05, 0) is 148 Å². The predicted octanol–water partition coefficient (Wildman–Crippen LogP) is 13.6. The minimum Gasteiger partial charge on any atom is -0.493 e. The number of carboxylic acids is 1. The molecule has 0 amide bonds. The molecule has 0 aliphatic carbocycles. The molecule has 3 aliphatic heterocycles. The number of rotatable bonds is 34. The van der Waals surface area contributed by atoms with Crippen LogP contribution in [0.3, 0.4) is 0 Å². The maximum Gasteiger partial charge on any atom is 0.333 e. The number of benzene rings is 6. The maximum atomic E-state index is 11.8. The van der Waals surface area contributed by atoms with Gasteiger partial charge >= 0.3 is 35.8 Å². The van der Waals surface area contributed by atoms with Crippen LogP contribution in [0.4, 0.5) is 0 Å². The number of ether oxygens (including phenoxy) is 13. The largest absolute Gasteiger partial charge is 0.493 e. The molecule has 540 valence electrons. The van der Waals surface area contributed by atoms with E-state index in [1.54, 1.807) is 20.8 Å². The SMILES string of the molecule is C=C(C)C(=O)O.C=C(C)C(=O)OCC(C)COc1ccc(C(C)(c2ccc(OCC(C)COC(=O)C(=C)C)cc2)c2ccc(OCC(C)COC(=O)C(=C)C)cc2)cc1.CC(=O)OC(C)=O.CC(c1ccc(OCC2CO2)cc1)(c1ccc(OCC2CO2)cc1)c1ccc(OCC2CO2)cc1. The highest BCUT2D eigenvalue weighted by Crippen LogP contribution is 2.43. The third-order valence-electron chi connectivity index (χ3n) is 15.9. The molecule has 6 unspecified atom stereocenters. The molecule has 3 saturated heterocycles. The predicted molar refractivity (Wildman–Crippen MR) is 382 cm³/mol. The fraction of sp³-hybridized carbons (Fsp3) is 0.383. The van der Waals surface area contributed by atoms with Crippen LogP contribution in [0.5, 0.6) is 34.5 Å². The molecule has 101 heavy (non-hydrogen) atoms. The Morgan fingerprint density at radius 3 is 0.703 bits per heavy atom. The minimum atomic E-state index is -0.935. The van der Waals surface area contributed by atoms with E-state index in [0.29, 0.717) is 73.6 Å². The molecule has 9 rings (SSSR count). The second-order valence-electron chi connectivity index (χ2n) is 25.8. The summed E-state index contributed by atoms with van der Waals surface area (Å²) in [7, 11) is 0. The third-order valence-corrected chi connectivity index (χ3v) is 15.9. The molecule has 0 bridgehead atoms. The van der Waals surface area contributed by atoms with E-state index in [2.05, 4.69) is 118 Å². The van der Waals surface area contributed by atoms with Gasteiger partial charge in [-0.3, -0.25) is 9.59 Å². The van der Waals surface area contributed by atoms with Gasteiger partial charge in [0, 0.05) is 64.7 Å². The van der Waals surface area contributed by atoms with Gasteiger partial charge in [-0.25, -0.2) is 19.2 Å². The molecule has 6 aromatic rings. The molecule has 0 aromatic heterocycles. The quantitative estimate of drug-likeness (QED) is 0.00984. The van der Waals surface area contributed by atoms with Crippen molar-refractivity contribution in [3.8, 4) is 34.5 Å². The summed E-state index contributed by atoms with van der Waals surface area (Å²) in [6.07, 6.45) is 0.707. The molecule has 20 heteroatoms. The lowest BCUT2D eigenvalue weighted by Gasteiger charge is -2.32. The van der Waals surface area contributed by atoms with Gasteiger partial charge in [0.1, 0.15) is 72.6 Å². The Balaban J connectivity index is 0.000000283. The van der Waals surface area contributed by atoms with Gasteiger partial charge in [0.2, 0.25) is 0 Å². The lowest BCUT2D eigenvalue weighted by atomic mass is 9.71. The summed E-state index contributed by atoms with van der Waals surface area (Å²) in [5.41, 5.74) is 6.95. The highest BCUT2D eigenvalue weighted by atomic mass is 16.6. The molecule has 0 spiro atoms. The first-order chi connectivity index (χ1) is 48.0. The first-order valence-corrected chi connectivity index (χ1v) is 33.3. The third kappa shape index (κ3) is 27.2. The molecule has 3 fully saturated rings. The van der Waals surface area contributed by atoms with Gasteiger partial charge in [-0.2, -0.15) is 0 Å². The lowest BCUT2D eigenvalue weighted by Crippen LogP contribution is -2.25. The molecule has 3 aliphatic rings. The van der Waals surface area contributed by atoms with Crippen LogP contribution in [0.2, 0.25) is 0 Å².